The van der Waals surface area contributed by atoms with Gasteiger partial charge in [-0.25, -0.2) is 4.39 Å². The third-order valence-electron chi connectivity index (χ3n) is 1.20. The Kier molecular flexibility index (Phi) is 2.44. The second-order valence-corrected chi connectivity index (χ2v) is 2.00. The summed E-state index contributed by atoms with van der Waals surface area (Å²) in [7, 11) is -1.80. The number of hydrogen-bond acceptors (Lipinski definition) is 2. The molecule has 0 unspecified atom stereocenters. The molecule has 56 valence electrons. The molecule has 0 aromatic heterocycles. The number of allylic oxidation sites excluding steroid dienone is 5. The molecule has 0 bridgehead atoms. The van der Waals surface area contributed by atoms with Crippen molar-refractivity contribution in [2.24, 2.45) is 0 Å². The number of hydrogen-bond donors (Lipinski definition) is 2. The van der Waals surface area contributed by atoms with E-state index in [-0.39, 0.29) is 5.47 Å². The van der Waals surface area contributed by atoms with E-state index in [2.05, 4.69) is 5.73 Å². The molecule has 0 saturated carbocycles. The molecule has 0 aromatic rings. The Labute approximate surface area is 63.8 Å². The summed E-state index contributed by atoms with van der Waals surface area (Å²) in [4.78, 5) is 0. The molecule has 1 aliphatic rings. The average molecular weight is 152 g/mol. The SMILES string of the molecule is OB(O)C1=C=CC=CC=C1F. The van der Waals surface area contributed by atoms with Gasteiger partial charge in [-0.1, -0.05) is 12.2 Å². The molecular formula is C7H6BFO2. The third kappa shape index (κ3) is 1.92. The highest BCUT2D eigenvalue weighted by molar-refractivity contribution is 6.52. The van der Waals surface area contributed by atoms with Gasteiger partial charge in [0.05, 0.1) is 5.47 Å². The molecular weight excluding hydrogens is 146 g/mol. The lowest BCUT2D eigenvalue weighted by atomic mass is 9.79. The van der Waals surface area contributed by atoms with Gasteiger partial charge in [-0.05, 0) is 12.2 Å². The van der Waals surface area contributed by atoms with E-state index in [1.165, 1.54) is 12.2 Å². The zero-order valence-electron chi connectivity index (χ0n) is 5.66. The van der Waals surface area contributed by atoms with Crippen molar-refractivity contribution in [2.75, 3.05) is 0 Å². The monoisotopic (exact) mass is 152 g/mol. The molecule has 0 amide bonds. The summed E-state index contributed by atoms with van der Waals surface area (Å²) < 4.78 is 12.7. The quantitative estimate of drug-likeness (QED) is 0.424. The van der Waals surface area contributed by atoms with Crippen LogP contribution < -0.4 is 0 Å². The van der Waals surface area contributed by atoms with E-state index in [4.69, 9.17) is 10.0 Å². The summed E-state index contributed by atoms with van der Waals surface area (Å²) in [6.07, 6.45) is 5.57. The van der Waals surface area contributed by atoms with E-state index >= 15 is 0 Å². The van der Waals surface area contributed by atoms with Gasteiger partial charge in [-0.2, -0.15) is 0 Å². The van der Waals surface area contributed by atoms with Gasteiger partial charge in [0, 0.05) is 0 Å². The standard InChI is InChI=1S/C7H6BFO2/c9-7-5-3-1-2-4-6(7)8(10)11/h1-3,5,10-11H. The Morgan fingerprint density at radius 3 is 2.73 bits per heavy atom. The first kappa shape index (κ1) is 8.02. The fraction of sp³-hybridized carbons (Fsp3) is 0. The van der Waals surface area contributed by atoms with Gasteiger partial charge in [0.2, 0.25) is 0 Å². The Morgan fingerprint density at radius 2 is 2.09 bits per heavy atom. The van der Waals surface area contributed by atoms with Gasteiger partial charge >= 0.3 is 7.12 Å². The first-order valence-corrected chi connectivity index (χ1v) is 3.07. The first-order valence-electron chi connectivity index (χ1n) is 3.07. The van der Waals surface area contributed by atoms with Gasteiger partial charge in [0.1, 0.15) is 5.83 Å². The second-order valence-electron chi connectivity index (χ2n) is 2.00. The molecule has 0 saturated heterocycles. The highest BCUT2D eigenvalue weighted by atomic mass is 19.1. The summed E-state index contributed by atoms with van der Waals surface area (Å²) in [5, 5.41) is 17.2. The predicted octanol–water partition coefficient (Wildman–Crippen LogP) is 0.503. The highest BCUT2D eigenvalue weighted by Gasteiger charge is 2.18. The van der Waals surface area contributed by atoms with E-state index in [9.17, 15) is 4.39 Å². The van der Waals surface area contributed by atoms with Crippen LogP contribution in [0.15, 0.2) is 41.3 Å². The molecule has 1 aliphatic carbocycles. The molecule has 0 fully saturated rings. The lowest BCUT2D eigenvalue weighted by molar-refractivity contribution is 0.416. The largest absolute Gasteiger partial charge is 0.499 e. The molecule has 2 N–H and O–H groups in total. The van der Waals surface area contributed by atoms with Crippen LogP contribution >= 0.6 is 0 Å². The van der Waals surface area contributed by atoms with Crippen LogP contribution in [0.4, 0.5) is 4.39 Å². The van der Waals surface area contributed by atoms with Crippen LogP contribution in [0.5, 0.6) is 0 Å². The van der Waals surface area contributed by atoms with E-state index in [0.717, 1.165) is 6.08 Å². The summed E-state index contributed by atoms with van der Waals surface area (Å²) in [5.74, 6) is -0.676. The minimum absolute atomic E-state index is 0.241. The Balaban J connectivity index is 3.03. The highest BCUT2D eigenvalue weighted by Crippen LogP contribution is 2.12. The van der Waals surface area contributed by atoms with Crippen molar-refractivity contribution >= 4 is 7.12 Å². The zero-order valence-corrected chi connectivity index (χ0v) is 5.66. The van der Waals surface area contributed by atoms with Gasteiger partial charge in [-0.15, -0.1) is 5.73 Å². The third-order valence-corrected chi connectivity index (χ3v) is 1.20. The van der Waals surface area contributed by atoms with Gasteiger partial charge in [0.15, 0.2) is 0 Å². The minimum Gasteiger partial charge on any atom is -0.423 e. The summed E-state index contributed by atoms with van der Waals surface area (Å²) in [6, 6.07) is 0. The summed E-state index contributed by atoms with van der Waals surface area (Å²) >= 11 is 0. The Hall–Kier alpha value is -1.09. The summed E-state index contributed by atoms with van der Waals surface area (Å²) in [6.45, 7) is 0. The van der Waals surface area contributed by atoms with Crippen molar-refractivity contribution in [3.63, 3.8) is 0 Å². The van der Waals surface area contributed by atoms with Crippen LogP contribution in [0, 0.1) is 0 Å². The van der Waals surface area contributed by atoms with E-state index in [1.54, 1.807) is 6.08 Å². The molecule has 0 aliphatic heterocycles. The maximum atomic E-state index is 12.7. The fourth-order valence-electron chi connectivity index (χ4n) is 0.690. The minimum atomic E-state index is -1.80. The fourth-order valence-corrected chi connectivity index (χ4v) is 0.690. The average Bonchev–Trinajstić information content (AvgIpc) is 2.13. The van der Waals surface area contributed by atoms with Crippen molar-refractivity contribution in [3.05, 3.63) is 41.3 Å². The molecule has 0 radical (unpaired) electrons. The van der Waals surface area contributed by atoms with Crippen LogP contribution in [0.2, 0.25) is 0 Å². The summed E-state index contributed by atoms with van der Waals surface area (Å²) in [5.41, 5.74) is 2.15. The molecule has 0 atom stereocenters. The van der Waals surface area contributed by atoms with E-state index < -0.39 is 12.9 Å². The van der Waals surface area contributed by atoms with E-state index in [0.29, 0.717) is 0 Å². The topological polar surface area (TPSA) is 40.5 Å². The van der Waals surface area contributed by atoms with Crippen molar-refractivity contribution in [2.45, 2.75) is 0 Å². The normalized spacial score (nSPS) is 15.5. The van der Waals surface area contributed by atoms with Crippen molar-refractivity contribution in [1.29, 1.82) is 0 Å². The number of halogens is 1. The Bertz CT molecular complexity index is 272. The molecule has 0 aromatic carbocycles. The zero-order chi connectivity index (χ0) is 8.27. The molecule has 11 heavy (non-hydrogen) atoms. The lowest BCUT2D eigenvalue weighted by Crippen LogP contribution is -2.15. The van der Waals surface area contributed by atoms with E-state index in [1.807, 2.05) is 0 Å². The number of rotatable bonds is 1. The molecule has 1 rings (SSSR count). The lowest BCUT2D eigenvalue weighted by Gasteiger charge is -1.96. The second kappa shape index (κ2) is 3.35. The van der Waals surface area contributed by atoms with Gasteiger partial charge in [0.25, 0.3) is 0 Å². The first-order chi connectivity index (χ1) is 5.22. The van der Waals surface area contributed by atoms with Crippen LogP contribution in [0.3, 0.4) is 0 Å². The maximum absolute atomic E-state index is 12.7. The predicted molar refractivity (Wildman–Crippen MR) is 40.1 cm³/mol. The van der Waals surface area contributed by atoms with Crippen molar-refractivity contribution in [3.8, 4) is 0 Å². The maximum Gasteiger partial charge on any atom is 0.499 e. The molecule has 4 heteroatoms. The molecule has 2 nitrogen and oxygen atoms in total. The van der Waals surface area contributed by atoms with Crippen LogP contribution in [0.25, 0.3) is 0 Å². The van der Waals surface area contributed by atoms with Crippen LogP contribution in [0.1, 0.15) is 0 Å². The molecule has 0 spiro atoms. The van der Waals surface area contributed by atoms with Crippen LogP contribution in [-0.4, -0.2) is 17.2 Å². The van der Waals surface area contributed by atoms with Crippen LogP contribution in [-0.2, 0) is 0 Å². The van der Waals surface area contributed by atoms with Gasteiger partial charge < -0.3 is 10.0 Å². The van der Waals surface area contributed by atoms with Crippen molar-refractivity contribution in [1.82, 2.24) is 0 Å². The molecule has 0 heterocycles. The smallest absolute Gasteiger partial charge is 0.423 e. The van der Waals surface area contributed by atoms with Crippen molar-refractivity contribution < 1.29 is 14.4 Å². The Morgan fingerprint density at radius 1 is 1.36 bits per heavy atom. The van der Waals surface area contributed by atoms with Gasteiger partial charge in [-0.3, -0.25) is 0 Å².